The van der Waals surface area contributed by atoms with Crippen molar-refractivity contribution in [2.75, 3.05) is 0 Å². The quantitative estimate of drug-likeness (QED) is 0.718. The van der Waals surface area contributed by atoms with Crippen LogP contribution in [0, 0.1) is 0 Å². The average Bonchev–Trinajstić information content (AvgIpc) is 1.72. The first-order chi connectivity index (χ1) is 3.35. The molecule has 0 aromatic carbocycles. The van der Waals surface area contributed by atoms with E-state index < -0.39 is 0 Å². The molecule has 0 spiro atoms. The fraction of sp³-hybridized carbons (Fsp3) is 1.00. The van der Waals surface area contributed by atoms with E-state index in [9.17, 15) is 0 Å². The van der Waals surface area contributed by atoms with Crippen LogP contribution in [0.5, 0.6) is 0 Å². The second-order valence-corrected chi connectivity index (χ2v) is 10.6. The van der Waals surface area contributed by atoms with Crippen molar-refractivity contribution < 1.29 is 45.2 Å². The molecule has 0 fully saturated rings. The predicted molar refractivity (Wildman–Crippen MR) is 24.3 cm³/mol. The topological polar surface area (TPSA) is 0 Å². The van der Waals surface area contributed by atoms with Crippen molar-refractivity contribution in [1.29, 1.82) is 0 Å². The van der Waals surface area contributed by atoms with Gasteiger partial charge in [0.05, 0.1) is 0 Å². The van der Waals surface area contributed by atoms with E-state index in [1.54, 1.807) is 23.5 Å². The third-order valence-corrected chi connectivity index (χ3v) is 12.9. The Kier molecular flexibility index (Phi) is 8.33. The molecule has 0 N–H and O–H groups in total. The molecule has 0 saturated carbocycles. The van der Waals surface area contributed by atoms with Crippen LogP contribution >= 0.6 is 0 Å². The zero-order valence-corrected chi connectivity index (χ0v) is 10.8. The van der Waals surface area contributed by atoms with Gasteiger partial charge in [0, 0.05) is 0 Å². The summed E-state index contributed by atoms with van der Waals surface area (Å²) in [5.41, 5.74) is 0. The summed E-state index contributed by atoms with van der Waals surface area (Å²) in [6, 6.07) is 0. The molecule has 0 aliphatic rings. The fourth-order valence-electron chi connectivity index (χ4n) is 0.561. The van der Waals surface area contributed by atoms with Crippen LogP contribution in [0.4, 0.5) is 0 Å². The summed E-state index contributed by atoms with van der Waals surface area (Å²) in [5, 5.41) is 0. The molecule has 0 radical (unpaired) electrons. The van der Waals surface area contributed by atoms with Crippen LogP contribution in [-0.4, -0.2) is 0 Å². The van der Waals surface area contributed by atoms with E-state index in [1.165, 1.54) is 15.6 Å². The summed E-state index contributed by atoms with van der Waals surface area (Å²) >= 11 is 1.72. The maximum atomic E-state index is 2.33. The summed E-state index contributed by atoms with van der Waals surface area (Å²) in [6.45, 7) is 4.66. The Hall–Kier alpha value is 2.21. The molecule has 0 nitrogen and oxygen atoms in total. The van der Waals surface area contributed by atoms with Crippen molar-refractivity contribution in [3.63, 3.8) is 0 Å². The van der Waals surface area contributed by atoms with Crippen LogP contribution in [0.3, 0.4) is 0 Å². The second-order valence-electron chi connectivity index (χ2n) is 1.77. The van der Waals surface area contributed by atoms with Gasteiger partial charge in [0.2, 0.25) is 0 Å². The Balaban J connectivity index is 2.99. The van der Waals surface area contributed by atoms with Gasteiger partial charge in [0.25, 0.3) is 0 Å². The fourth-order valence-corrected chi connectivity index (χ4v) is 9.81. The van der Waals surface area contributed by atoms with Gasteiger partial charge in [-0.25, -0.2) is 0 Å². The van der Waals surface area contributed by atoms with Crippen molar-refractivity contribution in [2.45, 2.75) is 29.4 Å². The molecule has 0 saturated heterocycles. The van der Waals surface area contributed by atoms with Crippen LogP contribution in [0.15, 0.2) is 0 Å². The summed E-state index contributed by atoms with van der Waals surface area (Å²) < 4.78 is 1.23. The molecule has 0 aromatic heterocycles. The zero-order chi connectivity index (χ0) is 5.70. The minimum atomic E-state index is 0.0803. The summed E-state index contributed by atoms with van der Waals surface area (Å²) in [6.07, 6.45) is 2.94. The predicted octanol–water partition coefficient (Wildman–Crippen LogP) is 2.14. The van der Waals surface area contributed by atoms with Gasteiger partial charge in [0.15, 0.2) is 0 Å². The minimum absolute atomic E-state index is 0.0803. The molecule has 0 aliphatic carbocycles. The standard InChI is InChI=1S/C5H11.2Y/c1-3-5-4-2;;/h5H,3-4H2,1-2H3;;. The van der Waals surface area contributed by atoms with Crippen molar-refractivity contribution in [1.82, 2.24) is 0 Å². The molecule has 0 aromatic rings. The SMILES string of the molecule is CC[CH](CC)[Y][Y]. The summed E-state index contributed by atoms with van der Waals surface area (Å²) in [5.74, 6) is 0. The van der Waals surface area contributed by atoms with Crippen LogP contribution in [0.25, 0.3) is 0 Å². The summed E-state index contributed by atoms with van der Waals surface area (Å²) in [7, 11) is 0. The zero-order valence-electron chi connectivity index (χ0n) is 5.15. The molecule has 0 aliphatic heterocycles. The first kappa shape index (κ1) is 9.21. The second kappa shape index (κ2) is 6.33. The Morgan fingerprint density at radius 2 is 1.86 bits per heavy atom. The van der Waals surface area contributed by atoms with Crippen molar-refractivity contribution in [2.24, 2.45) is 0 Å². The molecule has 0 bridgehead atoms. The monoisotopic (exact) mass is 249 g/mol. The van der Waals surface area contributed by atoms with Gasteiger partial charge in [-0.2, -0.15) is 0 Å². The number of hydrogen-bond acceptors (Lipinski definition) is 0. The van der Waals surface area contributed by atoms with Gasteiger partial charge in [-0.1, -0.05) is 0 Å². The molecule has 0 unspecified atom stereocenters. The molecule has 0 atom stereocenters. The normalized spacial score (nSPS) is 8.86. The van der Waals surface area contributed by atoms with Gasteiger partial charge in [-0.15, -0.1) is 0 Å². The van der Waals surface area contributed by atoms with E-state index in [-0.39, 0.29) is 21.7 Å². The third kappa shape index (κ3) is 4.70. The van der Waals surface area contributed by atoms with Gasteiger partial charge in [0.1, 0.15) is 0 Å². The van der Waals surface area contributed by atoms with Gasteiger partial charge >= 0.3 is 74.6 Å². The number of rotatable bonds is 3. The van der Waals surface area contributed by atoms with Crippen molar-refractivity contribution >= 4 is 0 Å². The van der Waals surface area contributed by atoms with Gasteiger partial charge < -0.3 is 0 Å². The van der Waals surface area contributed by atoms with Crippen molar-refractivity contribution in [3.05, 3.63) is 0 Å². The van der Waals surface area contributed by atoms with E-state index in [0.717, 1.165) is 0 Å². The molecule has 0 rings (SSSR count). The van der Waals surface area contributed by atoms with Crippen molar-refractivity contribution in [3.8, 4) is 0 Å². The van der Waals surface area contributed by atoms with E-state index in [4.69, 9.17) is 0 Å². The third-order valence-electron chi connectivity index (χ3n) is 1.32. The van der Waals surface area contributed by atoms with Crippen LogP contribution in [0.2, 0.25) is 2.73 Å². The van der Waals surface area contributed by atoms with Crippen LogP contribution in [0.1, 0.15) is 26.7 Å². The Morgan fingerprint density at radius 1 is 1.43 bits per heavy atom. The molecule has 37 valence electrons. The first-order valence-electron chi connectivity index (χ1n) is 2.90. The molecule has 0 amide bonds. The Bertz CT molecular complexity index is 27.6. The molecule has 0 heterocycles. The van der Waals surface area contributed by atoms with Gasteiger partial charge in [-0.05, 0) is 0 Å². The van der Waals surface area contributed by atoms with E-state index in [0.29, 0.717) is 0 Å². The molecular formula is C5H11Y2. The first-order valence-corrected chi connectivity index (χ1v) is 15.9. The Labute approximate surface area is 73.1 Å². The van der Waals surface area contributed by atoms with E-state index >= 15 is 0 Å². The van der Waals surface area contributed by atoms with Gasteiger partial charge in [-0.3, -0.25) is 0 Å². The summed E-state index contributed by atoms with van der Waals surface area (Å²) in [4.78, 5) is 0. The average molecular weight is 249 g/mol. The van der Waals surface area contributed by atoms with E-state index in [1.807, 2.05) is 0 Å². The molecule has 7 heavy (non-hydrogen) atoms. The van der Waals surface area contributed by atoms with Crippen LogP contribution < -0.4 is 0 Å². The van der Waals surface area contributed by atoms with Crippen LogP contribution in [-0.2, 0) is 45.2 Å². The molecule has 2 heteroatoms. The Morgan fingerprint density at radius 3 is 1.86 bits per heavy atom. The van der Waals surface area contributed by atoms with E-state index in [2.05, 4.69) is 13.8 Å². The maximum absolute atomic E-state index is 2.33. The molecular weight excluding hydrogens is 238 g/mol. The number of hydrogen-bond donors (Lipinski definition) is 0.